The quantitative estimate of drug-likeness (QED) is 0.807. The highest BCUT2D eigenvalue weighted by atomic mass is 16.5. The molecule has 3 heterocycles. The molecule has 19 heavy (non-hydrogen) atoms. The van der Waals surface area contributed by atoms with Crippen LogP contribution >= 0.6 is 0 Å². The first-order chi connectivity index (χ1) is 9.24. The molecule has 7 heteroatoms. The van der Waals surface area contributed by atoms with Gasteiger partial charge < -0.3 is 15.0 Å². The number of nitrogens with zero attached hydrogens (tertiary/aromatic N) is 4. The van der Waals surface area contributed by atoms with Gasteiger partial charge in [0, 0.05) is 33.3 Å². The van der Waals surface area contributed by atoms with Crippen molar-refractivity contribution in [1.29, 1.82) is 0 Å². The second kappa shape index (κ2) is 5.26. The van der Waals surface area contributed by atoms with Gasteiger partial charge in [0.1, 0.15) is 0 Å². The average molecular weight is 265 g/mol. The van der Waals surface area contributed by atoms with E-state index >= 15 is 0 Å². The minimum absolute atomic E-state index is 0.0889. The zero-order valence-corrected chi connectivity index (χ0v) is 11.1. The van der Waals surface area contributed by atoms with Crippen LogP contribution in [-0.2, 0) is 4.74 Å². The van der Waals surface area contributed by atoms with Crippen LogP contribution in [0.4, 0.5) is 0 Å². The second-order valence-electron chi connectivity index (χ2n) is 5.22. The molecule has 104 valence electrons. The third-order valence-electron chi connectivity index (χ3n) is 3.71. The van der Waals surface area contributed by atoms with E-state index < -0.39 is 0 Å². The van der Waals surface area contributed by atoms with Crippen LogP contribution in [0.15, 0.2) is 6.20 Å². The summed E-state index contributed by atoms with van der Waals surface area (Å²) in [5, 5.41) is 11.2. The van der Waals surface area contributed by atoms with E-state index in [0.717, 1.165) is 32.5 Å². The van der Waals surface area contributed by atoms with E-state index in [9.17, 15) is 4.79 Å². The predicted octanol–water partition coefficient (Wildman–Crippen LogP) is -0.327. The van der Waals surface area contributed by atoms with Crippen LogP contribution in [-0.4, -0.2) is 65.2 Å². The summed E-state index contributed by atoms with van der Waals surface area (Å²) in [6.07, 6.45) is 4.01. The summed E-state index contributed by atoms with van der Waals surface area (Å²) >= 11 is 0. The number of hydrogen-bond donors (Lipinski definition) is 1. The van der Waals surface area contributed by atoms with Gasteiger partial charge in [0.15, 0.2) is 5.69 Å². The fraction of sp³-hybridized carbons (Fsp3) is 0.750. The SMILES string of the molecule is CN(CC1CCCO1)C(=O)c1cn(C2CNC2)nn1. The molecule has 1 atom stereocenters. The van der Waals surface area contributed by atoms with E-state index in [4.69, 9.17) is 4.74 Å². The van der Waals surface area contributed by atoms with E-state index in [-0.39, 0.29) is 12.0 Å². The molecule has 2 aliphatic heterocycles. The average Bonchev–Trinajstić information content (AvgIpc) is 2.97. The minimum Gasteiger partial charge on any atom is -0.376 e. The molecule has 1 unspecified atom stereocenters. The Morgan fingerprint density at radius 3 is 3.11 bits per heavy atom. The van der Waals surface area contributed by atoms with Gasteiger partial charge in [0.05, 0.1) is 18.3 Å². The van der Waals surface area contributed by atoms with Crippen LogP contribution in [0, 0.1) is 0 Å². The zero-order chi connectivity index (χ0) is 13.2. The summed E-state index contributed by atoms with van der Waals surface area (Å²) in [6, 6.07) is 0.331. The Morgan fingerprint density at radius 1 is 1.63 bits per heavy atom. The molecule has 0 aromatic carbocycles. The van der Waals surface area contributed by atoms with E-state index in [1.54, 1.807) is 22.8 Å². The van der Waals surface area contributed by atoms with Crippen molar-refractivity contribution in [2.45, 2.75) is 25.0 Å². The molecule has 2 saturated heterocycles. The summed E-state index contributed by atoms with van der Waals surface area (Å²) in [6.45, 7) is 3.21. The highest BCUT2D eigenvalue weighted by molar-refractivity contribution is 5.91. The Labute approximate surface area is 111 Å². The Morgan fingerprint density at radius 2 is 2.47 bits per heavy atom. The monoisotopic (exact) mass is 265 g/mol. The van der Waals surface area contributed by atoms with Crippen LogP contribution in [0.1, 0.15) is 29.4 Å². The van der Waals surface area contributed by atoms with Crippen LogP contribution in [0.2, 0.25) is 0 Å². The van der Waals surface area contributed by atoms with Gasteiger partial charge in [-0.15, -0.1) is 5.10 Å². The molecule has 1 aromatic heterocycles. The zero-order valence-electron chi connectivity index (χ0n) is 11.1. The Balaban J connectivity index is 1.60. The maximum absolute atomic E-state index is 12.2. The van der Waals surface area contributed by atoms with E-state index in [1.807, 2.05) is 0 Å². The van der Waals surface area contributed by atoms with E-state index in [2.05, 4.69) is 15.6 Å². The Bertz CT molecular complexity index is 451. The number of hydrogen-bond acceptors (Lipinski definition) is 5. The molecule has 3 rings (SSSR count). The number of carbonyl (C=O) groups is 1. The maximum Gasteiger partial charge on any atom is 0.275 e. The molecule has 0 saturated carbocycles. The Hall–Kier alpha value is -1.47. The van der Waals surface area contributed by atoms with Gasteiger partial charge in [-0.2, -0.15) is 0 Å². The fourth-order valence-electron chi connectivity index (χ4n) is 2.39. The van der Waals surface area contributed by atoms with Crippen molar-refractivity contribution >= 4 is 5.91 Å². The van der Waals surface area contributed by atoms with Crippen molar-refractivity contribution < 1.29 is 9.53 Å². The molecule has 1 aromatic rings. The smallest absolute Gasteiger partial charge is 0.275 e. The molecule has 2 fully saturated rings. The summed E-state index contributed by atoms with van der Waals surface area (Å²) < 4.78 is 7.30. The van der Waals surface area contributed by atoms with Crippen molar-refractivity contribution in [3.63, 3.8) is 0 Å². The molecule has 2 aliphatic rings. The van der Waals surface area contributed by atoms with Gasteiger partial charge in [-0.3, -0.25) is 4.79 Å². The van der Waals surface area contributed by atoms with Gasteiger partial charge in [-0.05, 0) is 12.8 Å². The van der Waals surface area contributed by atoms with Gasteiger partial charge >= 0.3 is 0 Å². The number of amides is 1. The maximum atomic E-state index is 12.2. The van der Waals surface area contributed by atoms with E-state index in [1.165, 1.54) is 0 Å². The highest BCUT2D eigenvalue weighted by Gasteiger charge is 2.25. The van der Waals surface area contributed by atoms with Crippen molar-refractivity contribution in [1.82, 2.24) is 25.2 Å². The van der Waals surface area contributed by atoms with Gasteiger partial charge in [-0.1, -0.05) is 5.21 Å². The summed E-state index contributed by atoms with van der Waals surface area (Å²) in [5.41, 5.74) is 0.410. The molecule has 0 aliphatic carbocycles. The highest BCUT2D eigenvalue weighted by Crippen LogP contribution is 2.14. The van der Waals surface area contributed by atoms with Crippen molar-refractivity contribution in [3.05, 3.63) is 11.9 Å². The first-order valence-electron chi connectivity index (χ1n) is 6.73. The van der Waals surface area contributed by atoms with Crippen LogP contribution in [0.25, 0.3) is 0 Å². The standard InChI is InChI=1S/C12H19N5O2/c1-16(7-10-3-2-4-19-10)12(18)11-8-17(15-14-11)9-5-13-6-9/h8-10,13H,2-7H2,1H3. The van der Waals surface area contributed by atoms with Gasteiger partial charge in [0.25, 0.3) is 5.91 Å². The van der Waals surface area contributed by atoms with Crippen molar-refractivity contribution in [2.24, 2.45) is 0 Å². The lowest BCUT2D eigenvalue weighted by Crippen LogP contribution is -2.43. The molecule has 1 N–H and O–H groups in total. The van der Waals surface area contributed by atoms with E-state index in [0.29, 0.717) is 18.3 Å². The normalized spacial score (nSPS) is 23.3. The number of likely N-dealkylation sites (N-methyl/N-ethyl adjacent to an activating group) is 1. The lowest BCUT2D eigenvalue weighted by molar-refractivity contribution is 0.0582. The molecular formula is C12H19N5O2. The second-order valence-corrected chi connectivity index (χ2v) is 5.22. The summed E-state index contributed by atoms with van der Waals surface area (Å²) in [7, 11) is 1.79. The van der Waals surface area contributed by atoms with Crippen LogP contribution in [0.3, 0.4) is 0 Å². The molecular weight excluding hydrogens is 246 g/mol. The third-order valence-corrected chi connectivity index (χ3v) is 3.71. The lowest BCUT2D eigenvalue weighted by atomic mass is 10.2. The predicted molar refractivity (Wildman–Crippen MR) is 67.9 cm³/mol. The fourth-order valence-corrected chi connectivity index (χ4v) is 2.39. The van der Waals surface area contributed by atoms with Crippen LogP contribution in [0.5, 0.6) is 0 Å². The largest absolute Gasteiger partial charge is 0.376 e. The third kappa shape index (κ3) is 2.62. The van der Waals surface area contributed by atoms with Crippen molar-refractivity contribution in [2.75, 3.05) is 33.3 Å². The van der Waals surface area contributed by atoms with Gasteiger partial charge in [0.2, 0.25) is 0 Å². The van der Waals surface area contributed by atoms with Crippen molar-refractivity contribution in [3.8, 4) is 0 Å². The lowest BCUT2D eigenvalue weighted by Gasteiger charge is -2.26. The topological polar surface area (TPSA) is 72.3 Å². The Kier molecular flexibility index (Phi) is 3.48. The molecule has 0 radical (unpaired) electrons. The first-order valence-corrected chi connectivity index (χ1v) is 6.73. The number of rotatable bonds is 4. The number of carbonyl (C=O) groups excluding carboxylic acids is 1. The molecule has 0 bridgehead atoms. The molecule has 1 amide bonds. The molecule has 7 nitrogen and oxygen atoms in total. The van der Waals surface area contributed by atoms with Gasteiger partial charge in [-0.25, -0.2) is 4.68 Å². The number of nitrogens with one attached hydrogen (secondary N) is 1. The number of ether oxygens (including phenoxy) is 1. The molecule has 0 spiro atoms. The summed E-state index contributed by atoms with van der Waals surface area (Å²) in [4.78, 5) is 13.9. The summed E-state index contributed by atoms with van der Waals surface area (Å²) in [5.74, 6) is -0.0889. The van der Waals surface area contributed by atoms with Crippen LogP contribution < -0.4 is 5.32 Å². The minimum atomic E-state index is -0.0889. The number of aromatic nitrogens is 3. The first kappa shape index (κ1) is 12.6.